The van der Waals surface area contributed by atoms with Crippen LogP contribution < -0.4 is 0 Å². The lowest BCUT2D eigenvalue weighted by Gasteiger charge is -2.33. The van der Waals surface area contributed by atoms with Crippen molar-refractivity contribution in [3.8, 4) is 0 Å². The Labute approximate surface area is 130 Å². The van der Waals surface area contributed by atoms with E-state index in [1.165, 1.54) is 16.4 Å². The van der Waals surface area contributed by atoms with Crippen molar-refractivity contribution in [2.24, 2.45) is 0 Å². The Morgan fingerprint density at radius 1 is 1.43 bits per heavy atom. The maximum atomic E-state index is 13.6. The molecule has 0 spiro atoms. The minimum atomic E-state index is -3.89. The minimum absolute atomic E-state index is 0.152. The van der Waals surface area contributed by atoms with Gasteiger partial charge in [0.1, 0.15) is 5.82 Å². The predicted octanol–water partition coefficient (Wildman–Crippen LogP) is 2.61. The van der Waals surface area contributed by atoms with Crippen molar-refractivity contribution in [1.82, 2.24) is 4.31 Å². The fourth-order valence-electron chi connectivity index (χ4n) is 2.47. The molecule has 1 fully saturated rings. The van der Waals surface area contributed by atoms with Crippen LogP contribution in [-0.4, -0.2) is 36.4 Å². The molecule has 0 aromatic heterocycles. The highest BCUT2D eigenvalue weighted by Gasteiger charge is 2.34. The van der Waals surface area contributed by atoms with E-state index in [4.69, 9.17) is 5.11 Å². The van der Waals surface area contributed by atoms with Crippen LogP contribution in [0.1, 0.15) is 25.7 Å². The summed E-state index contributed by atoms with van der Waals surface area (Å²) >= 11 is 2.98. The third-order valence-corrected chi connectivity index (χ3v) is 6.07. The lowest BCUT2D eigenvalue weighted by molar-refractivity contribution is -0.138. The number of halogens is 2. The Hall–Kier alpha value is -0.990. The van der Waals surface area contributed by atoms with E-state index in [-0.39, 0.29) is 22.3 Å². The largest absolute Gasteiger partial charge is 0.481 e. The van der Waals surface area contributed by atoms with Gasteiger partial charge in [-0.2, -0.15) is 4.31 Å². The first-order chi connectivity index (χ1) is 9.82. The third-order valence-electron chi connectivity index (χ3n) is 3.48. The maximum Gasteiger partial charge on any atom is 0.304 e. The van der Waals surface area contributed by atoms with Crippen LogP contribution >= 0.6 is 15.9 Å². The van der Waals surface area contributed by atoms with Gasteiger partial charge < -0.3 is 5.11 Å². The lowest BCUT2D eigenvalue weighted by Crippen LogP contribution is -2.44. The van der Waals surface area contributed by atoms with Crippen LogP contribution in [-0.2, 0) is 14.8 Å². The van der Waals surface area contributed by atoms with Gasteiger partial charge in [-0.15, -0.1) is 0 Å². The average Bonchev–Trinajstić information content (AvgIpc) is 2.41. The highest BCUT2D eigenvalue weighted by molar-refractivity contribution is 9.10. The van der Waals surface area contributed by atoms with Gasteiger partial charge >= 0.3 is 5.97 Å². The summed E-state index contributed by atoms with van der Waals surface area (Å²) in [5, 5.41) is 8.91. The fourth-order valence-corrected chi connectivity index (χ4v) is 4.42. The van der Waals surface area contributed by atoms with E-state index in [9.17, 15) is 17.6 Å². The fraction of sp³-hybridized carbons (Fsp3) is 0.462. The van der Waals surface area contributed by atoms with E-state index in [2.05, 4.69) is 15.9 Å². The topological polar surface area (TPSA) is 74.7 Å². The summed E-state index contributed by atoms with van der Waals surface area (Å²) in [6.07, 6.45) is 1.73. The highest BCUT2D eigenvalue weighted by Crippen LogP contribution is 2.28. The zero-order chi connectivity index (χ0) is 15.6. The Morgan fingerprint density at radius 2 is 2.14 bits per heavy atom. The van der Waals surface area contributed by atoms with Crippen molar-refractivity contribution < 1.29 is 22.7 Å². The second-order valence-corrected chi connectivity index (χ2v) is 7.68. The zero-order valence-electron chi connectivity index (χ0n) is 11.1. The van der Waals surface area contributed by atoms with E-state index in [1.807, 2.05) is 0 Å². The molecule has 116 valence electrons. The van der Waals surface area contributed by atoms with Crippen LogP contribution in [0.3, 0.4) is 0 Å². The number of sulfonamides is 1. The molecule has 0 saturated carbocycles. The zero-order valence-corrected chi connectivity index (χ0v) is 13.5. The van der Waals surface area contributed by atoms with Gasteiger partial charge in [0.05, 0.1) is 15.8 Å². The summed E-state index contributed by atoms with van der Waals surface area (Å²) in [4.78, 5) is 10.7. The molecule has 2 rings (SSSR count). The molecule has 1 aromatic rings. The molecule has 21 heavy (non-hydrogen) atoms. The normalized spacial score (nSPS) is 20.4. The minimum Gasteiger partial charge on any atom is -0.481 e. The number of hydrogen-bond acceptors (Lipinski definition) is 3. The number of rotatable bonds is 4. The Kier molecular flexibility index (Phi) is 5.00. The predicted molar refractivity (Wildman–Crippen MR) is 77.9 cm³/mol. The van der Waals surface area contributed by atoms with Crippen molar-refractivity contribution >= 4 is 31.9 Å². The number of carbonyl (C=O) groups is 1. The van der Waals surface area contributed by atoms with Gasteiger partial charge in [-0.3, -0.25) is 4.79 Å². The molecule has 8 heteroatoms. The number of carboxylic acid groups (broad SMARTS) is 1. The molecule has 1 aliphatic heterocycles. The van der Waals surface area contributed by atoms with Crippen LogP contribution in [0.15, 0.2) is 27.6 Å². The molecule has 0 radical (unpaired) electrons. The monoisotopic (exact) mass is 379 g/mol. The summed E-state index contributed by atoms with van der Waals surface area (Å²) in [6, 6.07) is 3.02. The smallest absolute Gasteiger partial charge is 0.304 e. The summed E-state index contributed by atoms with van der Waals surface area (Å²) < 4.78 is 40.1. The molecule has 1 saturated heterocycles. The second kappa shape index (κ2) is 6.41. The molecule has 1 atom stereocenters. The lowest BCUT2D eigenvalue weighted by atomic mass is 10.0. The van der Waals surface area contributed by atoms with Gasteiger partial charge in [0, 0.05) is 12.6 Å². The number of nitrogens with zero attached hydrogens (tertiary/aromatic N) is 1. The molecule has 1 N–H and O–H groups in total. The molecule has 5 nitrogen and oxygen atoms in total. The van der Waals surface area contributed by atoms with Gasteiger partial charge in [0.2, 0.25) is 10.0 Å². The van der Waals surface area contributed by atoms with Crippen LogP contribution in [0.2, 0.25) is 0 Å². The van der Waals surface area contributed by atoms with Gasteiger partial charge in [0.25, 0.3) is 0 Å². The average molecular weight is 380 g/mol. The molecule has 0 amide bonds. The Balaban J connectivity index is 2.35. The van der Waals surface area contributed by atoms with Crippen molar-refractivity contribution in [3.63, 3.8) is 0 Å². The van der Waals surface area contributed by atoms with Gasteiger partial charge in [-0.25, -0.2) is 12.8 Å². The van der Waals surface area contributed by atoms with E-state index < -0.39 is 27.9 Å². The summed E-state index contributed by atoms with van der Waals surface area (Å²) in [7, 11) is -3.89. The summed E-state index contributed by atoms with van der Waals surface area (Å²) in [5.41, 5.74) is 0. The van der Waals surface area contributed by atoms with Crippen molar-refractivity contribution in [3.05, 3.63) is 28.5 Å². The summed E-state index contributed by atoms with van der Waals surface area (Å²) in [5.74, 6) is -1.70. The number of aliphatic carboxylic acids is 1. The first kappa shape index (κ1) is 16.4. The molecule has 1 aromatic carbocycles. The van der Waals surface area contributed by atoms with Crippen LogP contribution in [0, 0.1) is 5.82 Å². The van der Waals surface area contributed by atoms with Crippen LogP contribution in [0.4, 0.5) is 4.39 Å². The number of piperidine rings is 1. The molecule has 0 aliphatic carbocycles. The Bertz CT molecular complexity index is 650. The molecule has 0 bridgehead atoms. The molecule has 1 aliphatic rings. The Morgan fingerprint density at radius 3 is 2.76 bits per heavy atom. The first-order valence-corrected chi connectivity index (χ1v) is 8.74. The standard InChI is InChI=1S/C13H15BrFNO4S/c14-11-5-4-10(8-12(11)15)21(19,20)16-6-2-1-3-9(16)7-13(17)18/h4-5,8-9H,1-3,6-7H2,(H,17,18). The second-order valence-electron chi connectivity index (χ2n) is 4.94. The molecule has 1 unspecified atom stereocenters. The quantitative estimate of drug-likeness (QED) is 0.872. The van der Waals surface area contributed by atoms with Gasteiger partial charge in [-0.05, 0) is 47.0 Å². The van der Waals surface area contributed by atoms with Crippen molar-refractivity contribution in [2.75, 3.05) is 6.54 Å². The van der Waals surface area contributed by atoms with Gasteiger partial charge in [0.15, 0.2) is 0 Å². The molecule has 1 heterocycles. The van der Waals surface area contributed by atoms with Gasteiger partial charge in [-0.1, -0.05) is 6.42 Å². The van der Waals surface area contributed by atoms with E-state index in [0.29, 0.717) is 12.8 Å². The first-order valence-electron chi connectivity index (χ1n) is 6.51. The van der Waals surface area contributed by atoms with Crippen molar-refractivity contribution in [1.29, 1.82) is 0 Å². The maximum absolute atomic E-state index is 13.6. The van der Waals surface area contributed by atoms with E-state index in [1.54, 1.807) is 0 Å². The summed E-state index contributed by atoms with van der Waals surface area (Å²) in [6.45, 7) is 0.262. The molecular formula is C13H15BrFNO4S. The number of carboxylic acids is 1. The third kappa shape index (κ3) is 3.61. The number of benzene rings is 1. The van der Waals surface area contributed by atoms with Crippen LogP contribution in [0.25, 0.3) is 0 Å². The molecular weight excluding hydrogens is 365 g/mol. The van der Waals surface area contributed by atoms with E-state index >= 15 is 0 Å². The van der Waals surface area contributed by atoms with Crippen molar-refractivity contribution in [2.45, 2.75) is 36.6 Å². The van der Waals surface area contributed by atoms with Crippen LogP contribution in [0.5, 0.6) is 0 Å². The SMILES string of the molecule is O=C(O)CC1CCCCN1S(=O)(=O)c1ccc(Br)c(F)c1. The number of hydrogen-bond donors (Lipinski definition) is 1. The van der Waals surface area contributed by atoms with E-state index in [0.717, 1.165) is 12.5 Å². The highest BCUT2D eigenvalue weighted by atomic mass is 79.9.